The molecule has 1 fully saturated rings. The van der Waals surface area contributed by atoms with Crippen LogP contribution in [0.15, 0.2) is 0 Å². The minimum Gasteiger partial charge on any atom is -0.325 e. The number of carbonyl (C=O) groups is 1. The lowest BCUT2D eigenvalue weighted by Crippen LogP contribution is -2.48. The number of hydrogen-bond donors (Lipinski definition) is 1. The van der Waals surface area contributed by atoms with Crippen molar-refractivity contribution in [1.82, 2.24) is 0 Å². The number of Topliss-reactive ketones (excluding diaryl/α,β-unsaturated/α-hetero) is 1. The number of nitrogens with two attached hydrogens (primary N) is 1. The van der Waals surface area contributed by atoms with Crippen LogP contribution in [-0.2, 0) is 14.6 Å². The molecule has 0 atom stereocenters. The molecule has 17 heavy (non-hydrogen) atoms. The molecule has 0 aromatic heterocycles. The van der Waals surface area contributed by atoms with Gasteiger partial charge in [-0.2, -0.15) is 0 Å². The van der Waals surface area contributed by atoms with E-state index in [0.29, 0.717) is 6.42 Å². The minimum atomic E-state index is -3.20. The molecule has 0 aromatic carbocycles. The van der Waals surface area contributed by atoms with Gasteiger partial charge < -0.3 is 5.73 Å². The third-order valence-corrected chi connectivity index (χ3v) is 6.09. The molecule has 0 unspecified atom stereocenters. The number of hydrogen-bond acceptors (Lipinski definition) is 4. The molecule has 0 amide bonds. The molecular formula is C12H23NO3S. The smallest absolute Gasteiger partial charge is 0.155 e. The van der Waals surface area contributed by atoms with E-state index in [0.717, 1.165) is 19.3 Å². The van der Waals surface area contributed by atoms with Crippen LogP contribution in [0.1, 0.15) is 52.9 Å². The van der Waals surface area contributed by atoms with E-state index < -0.39 is 14.6 Å². The first-order chi connectivity index (χ1) is 7.56. The van der Waals surface area contributed by atoms with Crippen LogP contribution >= 0.6 is 0 Å². The van der Waals surface area contributed by atoms with E-state index in [1.165, 1.54) is 0 Å². The monoisotopic (exact) mass is 261 g/mol. The summed E-state index contributed by atoms with van der Waals surface area (Å²) in [6, 6.07) is 0. The lowest BCUT2D eigenvalue weighted by molar-refractivity contribution is -0.120. The van der Waals surface area contributed by atoms with Crippen LogP contribution in [0, 0.1) is 0 Å². The summed E-state index contributed by atoms with van der Waals surface area (Å²) in [5, 5.41) is 0. The average molecular weight is 261 g/mol. The SMILES string of the molecule is CC(C)(C)S(=O)(=O)CCC(=O)CC1(N)CCC1. The Balaban J connectivity index is 2.44. The molecule has 0 heterocycles. The Kier molecular flexibility index (Phi) is 4.04. The molecule has 0 saturated heterocycles. The largest absolute Gasteiger partial charge is 0.325 e. The van der Waals surface area contributed by atoms with Crippen molar-refractivity contribution >= 4 is 15.6 Å². The van der Waals surface area contributed by atoms with Gasteiger partial charge in [-0.1, -0.05) is 0 Å². The summed E-state index contributed by atoms with van der Waals surface area (Å²) in [5.41, 5.74) is 5.61. The van der Waals surface area contributed by atoms with Crippen molar-refractivity contribution in [2.24, 2.45) is 5.73 Å². The zero-order chi connectivity index (χ0) is 13.3. The summed E-state index contributed by atoms with van der Waals surface area (Å²) >= 11 is 0. The van der Waals surface area contributed by atoms with Crippen LogP contribution in [0.4, 0.5) is 0 Å². The predicted octanol–water partition coefficient (Wildman–Crippen LogP) is 1.43. The quantitative estimate of drug-likeness (QED) is 0.812. The van der Waals surface area contributed by atoms with E-state index >= 15 is 0 Å². The molecule has 2 N–H and O–H groups in total. The highest BCUT2D eigenvalue weighted by atomic mass is 32.2. The summed E-state index contributed by atoms with van der Waals surface area (Å²) < 4.78 is 22.9. The number of carbonyl (C=O) groups excluding carboxylic acids is 1. The molecule has 0 aliphatic heterocycles. The van der Waals surface area contributed by atoms with E-state index in [9.17, 15) is 13.2 Å². The van der Waals surface area contributed by atoms with Crippen molar-refractivity contribution in [3.8, 4) is 0 Å². The molecule has 0 bridgehead atoms. The molecule has 0 spiro atoms. The Bertz CT molecular complexity index is 388. The molecular weight excluding hydrogens is 238 g/mol. The van der Waals surface area contributed by atoms with E-state index in [2.05, 4.69) is 0 Å². The van der Waals surface area contributed by atoms with Crippen molar-refractivity contribution in [1.29, 1.82) is 0 Å². The van der Waals surface area contributed by atoms with Crippen LogP contribution in [-0.4, -0.2) is 30.2 Å². The van der Waals surface area contributed by atoms with Gasteiger partial charge in [-0.25, -0.2) is 8.42 Å². The molecule has 100 valence electrons. The highest BCUT2D eigenvalue weighted by Crippen LogP contribution is 2.32. The average Bonchev–Trinajstić information content (AvgIpc) is 2.10. The Hall–Kier alpha value is -0.420. The summed E-state index contributed by atoms with van der Waals surface area (Å²) in [7, 11) is -3.20. The van der Waals surface area contributed by atoms with Gasteiger partial charge in [0.15, 0.2) is 9.84 Å². The fourth-order valence-corrected chi connectivity index (χ4v) is 2.95. The van der Waals surface area contributed by atoms with Crippen LogP contribution in [0.3, 0.4) is 0 Å². The second-order valence-corrected chi connectivity index (χ2v) is 8.98. The number of sulfone groups is 1. The lowest BCUT2D eigenvalue weighted by atomic mass is 9.74. The zero-order valence-electron chi connectivity index (χ0n) is 11.0. The van der Waals surface area contributed by atoms with Gasteiger partial charge in [0, 0.05) is 18.4 Å². The second kappa shape index (κ2) is 4.69. The molecule has 1 saturated carbocycles. The van der Waals surface area contributed by atoms with Gasteiger partial charge in [-0.3, -0.25) is 4.79 Å². The molecule has 4 nitrogen and oxygen atoms in total. The first kappa shape index (κ1) is 14.6. The van der Waals surface area contributed by atoms with Crippen molar-refractivity contribution in [3.63, 3.8) is 0 Å². The minimum absolute atomic E-state index is 0.0278. The van der Waals surface area contributed by atoms with Crippen LogP contribution < -0.4 is 5.73 Å². The third-order valence-electron chi connectivity index (χ3n) is 3.48. The molecule has 1 aliphatic carbocycles. The third kappa shape index (κ3) is 3.78. The lowest BCUT2D eigenvalue weighted by Gasteiger charge is -2.37. The maximum atomic E-state index is 11.8. The van der Waals surface area contributed by atoms with Gasteiger partial charge >= 0.3 is 0 Å². The van der Waals surface area contributed by atoms with Gasteiger partial charge in [0.2, 0.25) is 0 Å². The molecule has 5 heteroatoms. The van der Waals surface area contributed by atoms with Gasteiger partial charge in [0.1, 0.15) is 5.78 Å². The Morgan fingerprint density at radius 1 is 1.29 bits per heavy atom. The standard InChI is InChI=1S/C12H23NO3S/c1-11(2,3)17(15,16)8-5-10(14)9-12(13)6-4-7-12/h4-9,13H2,1-3H3. The van der Waals surface area contributed by atoms with Gasteiger partial charge in [-0.15, -0.1) is 0 Å². The normalized spacial score (nSPS) is 19.8. The highest BCUT2D eigenvalue weighted by molar-refractivity contribution is 7.92. The maximum Gasteiger partial charge on any atom is 0.155 e. The molecule has 0 radical (unpaired) electrons. The van der Waals surface area contributed by atoms with E-state index in [4.69, 9.17) is 5.73 Å². The van der Waals surface area contributed by atoms with Crippen LogP contribution in [0.25, 0.3) is 0 Å². The van der Waals surface area contributed by atoms with Crippen molar-refractivity contribution in [2.45, 2.75) is 63.2 Å². The highest BCUT2D eigenvalue weighted by Gasteiger charge is 2.35. The fraction of sp³-hybridized carbons (Fsp3) is 0.917. The van der Waals surface area contributed by atoms with E-state index in [-0.39, 0.29) is 23.5 Å². The Morgan fingerprint density at radius 2 is 1.82 bits per heavy atom. The predicted molar refractivity (Wildman–Crippen MR) is 68.6 cm³/mol. The summed E-state index contributed by atoms with van der Waals surface area (Å²) in [5.74, 6) is -0.0918. The Morgan fingerprint density at radius 3 is 2.18 bits per heavy atom. The zero-order valence-corrected chi connectivity index (χ0v) is 11.8. The Labute approximate surface area is 104 Å². The van der Waals surface area contributed by atoms with E-state index in [1.54, 1.807) is 20.8 Å². The van der Waals surface area contributed by atoms with Crippen molar-refractivity contribution < 1.29 is 13.2 Å². The van der Waals surface area contributed by atoms with Crippen LogP contribution in [0.2, 0.25) is 0 Å². The molecule has 0 aromatic rings. The summed E-state index contributed by atoms with van der Waals surface area (Å²) in [6.07, 6.45) is 3.25. The van der Waals surface area contributed by atoms with Crippen LogP contribution in [0.5, 0.6) is 0 Å². The van der Waals surface area contributed by atoms with Crippen molar-refractivity contribution in [3.05, 3.63) is 0 Å². The second-order valence-electron chi connectivity index (χ2n) is 6.11. The van der Waals surface area contributed by atoms with Gasteiger partial charge in [0.05, 0.1) is 10.5 Å². The summed E-state index contributed by atoms with van der Waals surface area (Å²) in [6.45, 7) is 4.97. The van der Waals surface area contributed by atoms with Gasteiger partial charge in [-0.05, 0) is 40.0 Å². The van der Waals surface area contributed by atoms with Crippen molar-refractivity contribution in [2.75, 3.05) is 5.75 Å². The number of ketones is 1. The summed E-state index contributed by atoms with van der Waals surface area (Å²) in [4.78, 5) is 11.7. The van der Waals surface area contributed by atoms with Gasteiger partial charge in [0.25, 0.3) is 0 Å². The molecule has 1 rings (SSSR count). The molecule has 1 aliphatic rings. The fourth-order valence-electron chi connectivity index (χ4n) is 1.84. The first-order valence-electron chi connectivity index (χ1n) is 6.09. The topological polar surface area (TPSA) is 77.2 Å². The number of rotatable bonds is 5. The maximum absolute atomic E-state index is 11.8. The first-order valence-corrected chi connectivity index (χ1v) is 7.74. The van der Waals surface area contributed by atoms with E-state index in [1.807, 2.05) is 0 Å².